The van der Waals surface area contributed by atoms with Crippen molar-refractivity contribution in [1.29, 1.82) is 0 Å². The Labute approximate surface area is 109 Å². The molecule has 0 aliphatic heterocycles. The number of hydrogen-bond donors (Lipinski definition) is 2. The molecule has 4 nitrogen and oxygen atoms in total. The molecule has 0 radical (unpaired) electrons. The summed E-state index contributed by atoms with van der Waals surface area (Å²) in [6.45, 7) is 4.54. The highest BCUT2D eigenvalue weighted by Gasteiger charge is 2.09. The topological polar surface area (TPSA) is 50.7 Å². The third-order valence-electron chi connectivity index (χ3n) is 2.82. The van der Waals surface area contributed by atoms with Gasteiger partial charge in [-0.3, -0.25) is 0 Å². The van der Waals surface area contributed by atoms with Gasteiger partial charge in [-0.15, -0.1) is 0 Å². The summed E-state index contributed by atoms with van der Waals surface area (Å²) in [6.07, 6.45) is 0.437. The molecule has 0 spiro atoms. The van der Waals surface area contributed by atoms with Gasteiger partial charge < -0.3 is 19.9 Å². The predicted molar refractivity (Wildman–Crippen MR) is 72.1 cm³/mol. The molecule has 1 aromatic carbocycles. The maximum Gasteiger partial charge on any atom is 0.123 e. The second-order valence-electron chi connectivity index (χ2n) is 4.54. The minimum atomic E-state index is -0.292. The van der Waals surface area contributed by atoms with E-state index < -0.39 is 0 Å². The Hall–Kier alpha value is -1.26. The summed E-state index contributed by atoms with van der Waals surface area (Å²) in [5.74, 6) is 1.66. The molecule has 0 aliphatic rings. The van der Waals surface area contributed by atoms with Gasteiger partial charge in [-0.1, -0.05) is 0 Å². The zero-order chi connectivity index (χ0) is 13.5. The minimum Gasteiger partial charge on any atom is -0.497 e. The lowest BCUT2D eigenvalue weighted by atomic mass is 10.1. The lowest BCUT2D eigenvalue weighted by Crippen LogP contribution is -2.28. The van der Waals surface area contributed by atoms with Crippen molar-refractivity contribution >= 4 is 0 Å². The fraction of sp³-hybridized carbons (Fsp3) is 0.571. The molecule has 0 amide bonds. The van der Waals surface area contributed by atoms with Crippen LogP contribution in [0.15, 0.2) is 18.2 Å². The maximum absolute atomic E-state index is 9.32. The molecule has 0 aromatic heterocycles. The van der Waals surface area contributed by atoms with Crippen LogP contribution in [-0.4, -0.2) is 31.5 Å². The van der Waals surface area contributed by atoms with Crippen molar-refractivity contribution in [3.63, 3.8) is 0 Å². The molecule has 0 aliphatic carbocycles. The molecule has 0 fully saturated rings. The van der Waals surface area contributed by atoms with Crippen LogP contribution < -0.4 is 14.8 Å². The molecule has 2 unspecified atom stereocenters. The second kappa shape index (κ2) is 7.24. The maximum atomic E-state index is 9.32. The Kier molecular flexibility index (Phi) is 5.95. The summed E-state index contributed by atoms with van der Waals surface area (Å²) in [5, 5.41) is 12.7. The molecule has 18 heavy (non-hydrogen) atoms. The molecule has 2 N–H and O–H groups in total. The van der Waals surface area contributed by atoms with Crippen molar-refractivity contribution in [2.24, 2.45) is 0 Å². The molecule has 102 valence electrons. The lowest BCUT2D eigenvalue weighted by molar-refractivity contribution is 0.170. The number of aliphatic hydroxyl groups excluding tert-OH is 1. The molecule has 4 heteroatoms. The highest BCUT2D eigenvalue weighted by molar-refractivity contribution is 5.40. The van der Waals surface area contributed by atoms with Gasteiger partial charge in [0, 0.05) is 18.2 Å². The van der Waals surface area contributed by atoms with E-state index in [1.165, 1.54) is 0 Å². The van der Waals surface area contributed by atoms with Gasteiger partial charge in [0.15, 0.2) is 0 Å². The Bertz CT molecular complexity index is 366. The fourth-order valence-electron chi connectivity index (χ4n) is 1.90. The first kappa shape index (κ1) is 14.8. The first-order valence-corrected chi connectivity index (χ1v) is 6.19. The number of rotatable bonds is 7. The first-order valence-electron chi connectivity index (χ1n) is 6.19. The fourth-order valence-corrected chi connectivity index (χ4v) is 1.90. The van der Waals surface area contributed by atoms with Gasteiger partial charge in [-0.05, 0) is 38.5 Å². The van der Waals surface area contributed by atoms with Gasteiger partial charge in [-0.25, -0.2) is 0 Å². The van der Waals surface area contributed by atoms with Crippen molar-refractivity contribution in [2.75, 3.05) is 14.2 Å². The van der Waals surface area contributed by atoms with Crippen molar-refractivity contribution in [2.45, 2.75) is 39.0 Å². The molecule has 0 saturated heterocycles. The van der Waals surface area contributed by atoms with E-state index in [1.54, 1.807) is 21.1 Å². The average Bonchev–Trinajstić information content (AvgIpc) is 2.35. The summed E-state index contributed by atoms with van der Waals surface area (Å²) in [7, 11) is 3.31. The third kappa shape index (κ3) is 4.55. The predicted octanol–water partition coefficient (Wildman–Crippen LogP) is 1.95. The molecular weight excluding hydrogens is 230 g/mol. The van der Waals surface area contributed by atoms with Crippen LogP contribution in [0.5, 0.6) is 11.5 Å². The van der Waals surface area contributed by atoms with Gasteiger partial charge in [-0.2, -0.15) is 0 Å². The molecular formula is C14H23NO3. The van der Waals surface area contributed by atoms with Crippen molar-refractivity contribution < 1.29 is 14.6 Å². The van der Waals surface area contributed by atoms with Crippen molar-refractivity contribution in [3.8, 4) is 11.5 Å². The number of aliphatic hydroxyl groups is 1. The van der Waals surface area contributed by atoms with E-state index in [0.717, 1.165) is 23.5 Å². The summed E-state index contributed by atoms with van der Waals surface area (Å²) >= 11 is 0. The summed E-state index contributed by atoms with van der Waals surface area (Å²) in [5.41, 5.74) is 1.05. The average molecular weight is 253 g/mol. The summed E-state index contributed by atoms with van der Waals surface area (Å²) < 4.78 is 10.5. The second-order valence-corrected chi connectivity index (χ2v) is 4.54. The number of ether oxygens (including phenoxy) is 2. The van der Waals surface area contributed by atoms with Gasteiger partial charge >= 0.3 is 0 Å². The number of benzene rings is 1. The zero-order valence-corrected chi connectivity index (χ0v) is 11.6. The lowest BCUT2D eigenvalue weighted by Gasteiger charge is -2.17. The Morgan fingerprint density at radius 2 is 1.94 bits per heavy atom. The van der Waals surface area contributed by atoms with E-state index in [4.69, 9.17) is 9.47 Å². The van der Waals surface area contributed by atoms with E-state index in [2.05, 4.69) is 12.2 Å². The quantitative estimate of drug-likeness (QED) is 0.780. The monoisotopic (exact) mass is 253 g/mol. The molecule has 0 saturated carbocycles. The largest absolute Gasteiger partial charge is 0.497 e. The number of hydrogen-bond acceptors (Lipinski definition) is 4. The van der Waals surface area contributed by atoms with E-state index >= 15 is 0 Å². The third-order valence-corrected chi connectivity index (χ3v) is 2.82. The van der Waals surface area contributed by atoms with Crippen LogP contribution in [0.4, 0.5) is 0 Å². The number of nitrogens with one attached hydrogen (secondary N) is 1. The van der Waals surface area contributed by atoms with E-state index in [9.17, 15) is 5.11 Å². The van der Waals surface area contributed by atoms with Gasteiger partial charge in [0.1, 0.15) is 11.5 Å². The Balaban J connectivity index is 2.64. The molecule has 1 aromatic rings. The molecule has 0 heterocycles. The van der Waals surface area contributed by atoms with Crippen LogP contribution >= 0.6 is 0 Å². The van der Waals surface area contributed by atoms with Crippen LogP contribution in [0.3, 0.4) is 0 Å². The highest BCUT2D eigenvalue weighted by atomic mass is 16.5. The number of methoxy groups -OCH3 is 2. The van der Waals surface area contributed by atoms with Crippen LogP contribution in [0.1, 0.15) is 25.8 Å². The van der Waals surface area contributed by atoms with Gasteiger partial charge in [0.2, 0.25) is 0 Å². The van der Waals surface area contributed by atoms with Crippen LogP contribution in [0.2, 0.25) is 0 Å². The SMILES string of the molecule is COc1ccc(OC)c(CNC(C)CC(C)O)c1. The van der Waals surface area contributed by atoms with E-state index in [1.807, 2.05) is 18.2 Å². The Morgan fingerprint density at radius 3 is 2.50 bits per heavy atom. The van der Waals surface area contributed by atoms with Crippen molar-refractivity contribution in [3.05, 3.63) is 23.8 Å². The van der Waals surface area contributed by atoms with Crippen LogP contribution in [-0.2, 0) is 6.54 Å². The first-order chi connectivity index (χ1) is 8.56. The normalized spacial score (nSPS) is 14.1. The summed E-state index contributed by atoms with van der Waals surface area (Å²) in [6, 6.07) is 5.98. The van der Waals surface area contributed by atoms with Crippen LogP contribution in [0.25, 0.3) is 0 Å². The van der Waals surface area contributed by atoms with Gasteiger partial charge in [0.25, 0.3) is 0 Å². The molecule has 1 rings (SSSR count). The molecule has 2 atom stereocenters. The smallest absolute Gasteiger partial charge is 0.123 e. The zero-order valence-electron chi connectivity index (χ0n) is 11.6. The van der Waals surface area contributed by atoms with E-state index in [-0.39, 0.29) is 12.1 Å². The molecule has 0 bridgehead atoms. The van der Waals surface area contributed by atoms with E-state index in [0.29, 0.717) is 6.54 Å². The minimum absolute atomic E-state index is 0.251. The summed E-state index contributed by atoms with van der Waals surface area (Å²) in [4.78, 5) is 0. The van der Waals surface area contributed by atoms with Gasteiger partial charge in [0.05, 0.1) is 20.3 Å². The van der Waals surface area contributed by atoms with Crippen molar-refractivity contribution in [1.82, 2.24) is 5.32 Å². The Morgan fingerprint density at radius 1 is 1.22 bits per heavy atom. The highest BCUT2D eigenvalue weighted by Crippen LogP contribution is 2.23. The standard InChI is InChI=1S/C14H23NO3/c1-10(7-11(2)16)15-9-12-8-13(17-3)5-6-14(12)18-4/h5-6,8,10-11,15-16H,7,9H2,1-4H3. The van der Waals surface area contributed by atoms with Crippen LogP contribution in [0, 0.1) is 0 Å².